The van der Waals surface area contributed by atoms with Gasteiger partial charge in [0.2, 0.25) is 0 Å². The first kappa shape index (κ1) is 14.7. The van der Waals surface area contributed by atoms with Crippen LogP contribution < -0.4 is 10.6 Å². The van der Waals surface area contributed by atoms with E-state index in [4.69, 9.17) is 10.9 Å². The van der Waals surface area contributed by atoms with Crippen LogP contribution in [0.3, 0.4) is 0 Å². The van der Waals surface area contributed by atoms with E-state index in [1.54, 1.807) is 0 Å². The van der Waals surface area contributed by atoms with Gasteiger partial charge in [0.1, 0.15) is 5.84 Å². The van der Waals surface area contributed by atoms with Crippen molar-refractivity contribution < 1.29 is 5.21 Å². The number of nitrogens with two attached hydrogens (primary N) is 1. The van der Waals surface area contributed by atoms with Crippen LogP contribution in [0.25, 0.3) is 0 Å². The maximum Gasteiger partial charge on any atom is 0.144 e. The molecule has 0 radical (unpaired) electrons. The number of anilines is 1. The van der Waals surface area contributed by atoms with Crippen molar-refractivity contribution in [3.05, 3.63) is 29.8 Å². The lowest BCUT2D eigenvalue weighted by Gasteiger charge is -2.24. The summed E-state index contributed by atoms with van der Waals surface area (Å²) in [5.74, 6) is 0.323. The number of unbranched alkanes of at least 4 members (excludes halogenated alkanes) is 1. The molecule has 0 aliphatic carbocycles. The first-order valence-corrected chi connectivity index (χ1v) is 7.35. The Labute approximate surface area is 121 Å². The molecule has 3 N–H and O–H groups in total. The molecule has 1 aliphatic rings. The second-order valence-corrected chi connectivity index (χ2v) is 6.19. The number of nitrogens with zero attached hydrogens (tertiary/aromatic N) is 2. The van der Waals surface area contributed by atoms with Crippen molar-refractivity contribution >= 4 is 11.5 Å². The first-order chi connectivity index (χ1) is 9.54. The molecule has 1 heterocycles. The molecule has 4 heteroatoms. The van der Waals surface area contributed by atoms with Gasteiger partial charge in [-0.1, -0.05) is 43.6 Å². The molecule has 0 bridgehead atoms. The first-order valence-electron chi connectivity index (χ1n) is 7.35. The second kappa shape index (κ2) is 6.16. The van der Waals surface area contributed by atoms with Gasteiger partial charge < -0.3 is 15.8 Å². The minimum Gasteiger partial charge on any atom is -0.409 e. The van der Waals surface area contributed by atoms with E-state index in [9.17, 15) is 0 Å². The van der Waals surface area contributed by atoms with E-state index in [-0.39, 0.29) is 5.41 Å². The third-order valence-corrected chi connectivity index (χ3v) is 4.26. The van der Waals surface area contributed by atoms with Crippen molar-refractivity contribution in [2.75, 3.05) is 18.0 Å². The predicted octanol–water partition coefficient (Wildman–Crippen LogP) is 2.99. The maximum absolute atomic E-state index is 8.76. The minimum absolute atomic E-state index is 0.225. The molecule has 0 atom stereocenters. The summed E-state index contributed by atoms with van der Waals surface area (Å²) in [5.41, 5.74) is 8.34. The van der Waals surface area contributed by atoms with Crippen molar-refractivity contribution in [1.82, 2.24) is 0 Å². The van der Waals surface area contributed by atoms with Gasteiger partial charge in [-0.05, 0) is 30.9 Å². The molecule has 110 valence electrons. The van der Waals surface area contributed by atoms with Crippen LogP contribution in [0.15, 0.2) is 29.4 Å². The van der Waals surface area contributed by atoms with E-state index < -0.39 is 0 Å². The topological polar surface area (TPSA) is 61.8 Å². The fourth-order valence-corrected chi connectivity index (χ4v) is 2.77. The third kappa shape index (κ3) is 3.24. The van der Waals surface area contributed by atoms with Crippen LogP contribution in [-0.2, 0) is 6.42 Å². The van der Waals surface area contributed by atoms with Crippen LogP contribution >= 0.6 is 0 Å². The van der Waals surface area contributed by atoms with E-state index in [0.29, 0.717) is 5.84 Å². The molecular formula is C16H25N3O. The van der Waals surface area contributed by atoms with Crippen LogP contribution in [0.2, 0.25) is 0 Å². The average Bonchev–Trinajstić information content (AvgIpc) is 2.86. The zero-order valence-corrected chi connectivity index (χ0v) is 12.5. The summed E-state index contributed by atoms with van der Waals surface area (Å²) in [6.07, 6.45) is 4.32. The summed E-state index contributed by atoms with van der Waals surface area (Å²) in [7, 11) is 0. The second-order valence-electron chi connectivity index (χ2n) is 6.19. The van der Waals surface area contributed by atoms with Crippen LogP contribution in [0.5, 0.6) is 0 Å². The normalized spacial score (nSPS) is 15.5. The van der Waals surface area contributed by atoms with E-state index in [0.717, 1.165) is 38.8 Å². The van der Waals surface area contributed by atoms with Gasteiger partial charge in [0.25, 0.3) is 0 Å². The highest BCUT2D eigenvalue weighted by atomic mass is 16.4. The number of amidine groups is 1. The number of hydrogen-bond acceptors (Lipinski definition) is 3. The lowest BCUT2D eigenvalue weighted by atomic mass is 9.86. The van der Waals surface area contributed by atoms with Gasteiger partial charge >= 0.3 is 0 Å². The fraction of sp³-hybridized carbons (Fsp3) is 0.562. The van der Waals surface area contributed by atoms with E-state index >= 15 is 0 Å². The molecule has 0 unspecified atom stereocenters. The highest BCUT2D eigenvalue weighted by Gasteiger charge is 2.23. The van der Waals surface area contributed by atoms with E-state index in [2.05, 4.69) is 34.3 Å². The van der Waals surface area contributed by atoms with Crippen molar-refractivity contribution in [2.45, 2.75) is 39.5 Å². The number of hydrogen-bond donors (Lipinski definition) is 2. The number of para-hydroxylation sites is 1. The summed E-state index contributed by atoms with van der Waals surface area (Å²) >= 11 is 0. The van der Waals surface area contributed by atoms with Crippen molar-refractivity contribution in [3.8, 4) is 0 Å². The summed E-state index contributed by atoms with van der Waals surface area (Å²) in [6.45, 7) is 6.26. The minimum atomic E-state index is -0.225. The molecule has 4 nitrogen and oxygen atoms in total. The molecule has 1 aromatic rings. The highest BCUT2D eigenvalue weighted by Crippen LogP contribution is 2.28. The largest absolute Gasteiger partial charge is 0.409 e. The Balaban J connectivity index is 1.78. The Morgan fingerprint density at radius 3 is 2.85 bits per heavy atom. The Bertz CT molecular complexity index is 482. The Hall–Kier alpha value is -1.71. The molecule has 0 saturated carbocycles. The van der Waals surface area contributed by atoms with Gasteiger partial charge in [0.15, 0.2) is 0 Å². The SMILES string of the molecule is CC(C)(CCCCN1CCc2ccccc21)/C(N)=N/O. The van der Waals surface area contributed by atoms with E-state index in [1.807, 2.05) is 13.8 Å². The van der Waals surface area contributed by atoms with Gasteiger partial charge in [0, 0.05) is 24.2 Å². The molecule has 0 spiro atoms. The molecule has 0 saturated heterocycles. The number of fused-ring (bicyclic) bond motifs is 1. The molecular weight excluding hydrogens is 250 g/mol. The molecule has 1 aromatic carbocycles. The highest BCUT2D eigenvalue weighted by molar-refractivity contribution is 5.85. The third-order valence-electron chi connectivity index (χ3n) is 4.26. The van der Waals surface area contributed by atoms with Crippen LogP contribution in [-0.4, -0.2) is 24.1 Å². The lowest BCUT2D eigenvalue weighted by Crippen LogP contribution is -2.32. The van der Waals surface area contributed by atoms with Crippen molar-refractivity contribution in [2.24, 2.45) is 16.3 Å². The van der Waals surface area contributed by atoms with Crippen molar-refractivity contribution in [1.29, 1.82) is 0 Å². The maximum atomic E-state index is 8.76. The molecule has 2 rings (SSSR count). The zero-order chi connectivity index (χ0) is 14.6. The van der Waals surface area contributed by atoms with Crippen molar-refractivity contribution in [3.63, 3.8) is 0 Å². The number of rotatable bonds is 6. The van der Waals surface area contributed by atoms with Crippen LogP contribution in [0.1, 0.15) is 38.7 Å². The van der Waals surface area contributed by atoms with Gasteiger partial charge in [-0.3, -0.25) is 0 Å². The quantitative estimate of drug-likeness (QED) is 0.276. The summed E-state index contributed by atoms with van der Waals surface area (Å²) in [5, 5.41) is 11.9. The molecule has 0 amide bonds. The molecule has 0 aromatic heterocycles. The standard InChI is InChI=1S/C16H25N3O/c1-16(2,15(17)18-20)10-5-6-11-19-12-9-13-7-3-4-8-14(13)19/h3-4,7-8,20H,5-6,9-12H2,1-2H3,(H2,17,18). The summed E-state index contributed by atoms with van der Waals surface area (Å²) in [6, 6.07) is 8.65. The fourth-order valence-electron chi connectivity index (χ4n) is 2.77. The Morgan fingerprint density at radius 1 is 1.35 bits per heavy atom. The zero-order valence-electron chi connectivity index (χ0n) is 12.5. The van der Waals surface area contributed by atoms with Crippen LogP contribution in [0, 0.1) is 5.41 Å². The predicted molar refractivity (Wildman–Crippen MR) is 83.4 cm³/mol. The molecule has 0 fully saturated rings. The Morgan fingerprint density at radius 2 is 2.10 bits per heavy atom. The van der Waals surface area contributed by atoms with Gasteiger partial charge in [0.05, 0.1) is 0 Å². The van der Waals surface area contributed by atoms with Gasteiger partial charge in [-0.25, -0.2) is 0 Å². The van der Waals surface area contributed by atoms with Gasteiger partial charge in [-0.2, -0.15) is 0 Å². The van der Waals surface area contributed by atoms with Gasteiger partial charge in [-0.15, -0.1) is 0 Å². The number of benzene rings is 1. The number of oxime groups is 1. The van der Waals surface area contributed by atoms with Crippen LogP contribution in [0.4, 0.5) is 5.69 Å². The smallest absolute Gasteiger partial charge is 0.144 e. The molecule has 20 heavy (non-hydrogen) atoms. The van der Waals surface area contributed by atoms with E-state index in [1.165, 1.54) is 11.3 Å². The Kier molecular flexibility index (Phi) is 4.53. The average molecular weight is 275 g/mol. The lowest BCUT2D eigenvalue weighted by molar-refractivity contribution is 0.304. The summed E-state index contributed by atoms with van der Waals surface area (Å²) in [4.78, 5) is 2.46. The molecule has 1 aliphatic heterocycles. The monoisotopic (exact) mass is 275 g/mol. The summed E-state index contributed by atoms with van der Waals surface area (Å²) < 4.78 is 0.